The van der Waals surface area contributed by atoms with Crippen LogP contribution in [0.15, 0.2) is 28.7 Å². The molecule has 3 fully saturated rings. The minimum atomic E-state index is -0.145. The highest BCUT2D eigenvalue weighted by atomic mass is 79.9. The van der Waals surface area contributed by atoms with Crippen molar-refractivity contribution in [1.82, 2.24) is 9.80 Å². The highest BCUT2D eigenvalue weighted by Gasteiger charge is 2.51. The predicted octanol–water partition coefficient (Wildman–Crippen LogP) is 3.83. The van der Waals surface area contributed by atoms with Crippen LogP contribution in [0.4, 0.5) is 10.5 Å². The minimum Gasteiger partial charge on any atom is -0.447 e. The fourth-order valence-electron chi connectivity index (χ4n) is 4.77. The lowest BCUT2D eigenvalue weighted by atomic mass is 9.72. The van der Waals surface area contributed by atoms with E-state index in [1.807, 2.05) is 18.7 Å². The molecule has 3 saturated heterocycles. The van der Waals surface area contributed by atoms with E-state index in [1.54, 1.807) is 0 Å². The van der Waals surface area contributed by atoms with Gasteiger partial charge in [0.15, 0.2) is 0 Å². The van der Waals surface area contributed by atoms with Gasteiger partial charge in [-0.15, -0.1) is 0 Å². The second kappa shape index (κ2) is 7.63. The van der Waals surface area contributed by atoms with Crippen LogP contribution in [0.1, 0.15) is 26.7 Å². The van der Waals surface area contributed by atoms with Crippen molar-refractivity contribution in [2.24, 2.45) is 11.3 Å². The van der Waals surface area contributed by atoms with Crippen molar-refractivity contribution in [2.45, 2.75) is 32.8 Å². The third kappa shape index (κ3) is 4.27. The number of hydrogen-bond donors (Lipinski definition) is 0. The molecule has 1 aromatic carbocycles. The fourth-order valence-corrected chi connectivity index (χ4v) is 5.03. The van der Waals surface area contributed by atoms with E-state index in [9.17, 15) is 4.79 Å². The second-order valence-electron chi connectivity index (χ2n) is 8.87. The Bertz CT molecular complexity index is 657. The number of carbonyl (C=O) groups is 1. The van der Waals surface area contributed by atoms with E-state index in [0.717, 1.165) is 30.4 Å². The van der Waals surface area contributed by atoms with E-state index in [0.29, 0.717) is 11.3 Å². The minimum absolute atomic E-state index is 0.0352. The van der Waals surface area contributed by atoms with Gasteiger partial charge in [0.2, 0.25) is 0 Å². The van der Waals surface area contributed by atoms with Gasteiger partial charge in [-0.25, -0.2) is 4.79 Å². The Balaban J connectivity index is 1.16. The standard InChI is InChI=1S/C21H30BrN3O2/c1-16(2)27-20(26)24-9-7-17(8-10-24)11-23-12-21(13-23)14-25(15-21)19-5-3-18(22)4-6-19/h3-6,16-17H,7-15H2,1-2H3. The van der Waals surface area contributed by atoms with E-state index in [1.165, 1.54) is 38.4 Å². The van der Waals surface area contributed by atoms with Crippen molar-refractivity contribution in [2.75, 3.05) is 50.7 Å². The van der Waals surface area contributed by atoms with Crippen molar-refractivity contribution in [3.63, 3.8) is 0 Å². The Hall–Kier alpha value is -1.27. The van der Waals surface area contributed by atoms with Crippen LogP contribution in [0.5, 0.6) is 0 Å². The molecule has 0 radical (unpaired) electrons. The monoisotopic (exact) mass is 435 g/mol. The molecular formula is C21H30BrN3O2. The van der Waals surface area contributed by atoms with E-state index in [-0.39, 0.29) is 12.2 Å². The maximum absolute atomic E-state index is 12.0. The average molecular weight is 436 g/mol. The van der Waals surface area contributed by atoms with Gasteiger partial charge in [-0.2, -0.15) is 0 Å². The van der Waals surface area contributed by atoms with Gasteiger partial charge in [0.25, 0.3) is 0 Å². The Labute approximate surface area is 170 Å². The molecule has 3 aliphatic heterocycles. The van der Waals surface area contributed by atoms with Gasteiger partial charge in [-0.1, -0.05) is 15.9 Å². The number of piperidine rings is 1. The van der Waals surface area contributed by atoms with Crippen LogP contribution in [0, 0.1) is 11.3 Å². The molecule has 27 heavy (non-hydrogen) atoms. The summed E-state index contributed by atoms with van der Waals surface area (Å²) in [6, 6.07) is 8.64. The van der Waals surface area contributed by atoms with Gasteiger partial charge in [-0.05, 0) is 56.9 Å². The molecule has 1 aromatic rings. The molecule has 148 valence electrons. The highest BCUT2D eigenvalue weighted by molar-refractivity contribution is 9.10. The largest absolute Gasteiger partial charge is 0.447 e. The maximum Gasteiger partial charge on any atom is 0.410 e. The van der Waals surface area contributed by atoms with Crippen molar-refractivity contribution in [3.8, 4) is 0 Å². The summed E-state index contributed by atoms with van der Waals surface area (Å²) in [5, 5.41) is 0. The van der Waals surface area contributed by atoms with Gasteiger partial charge in [0.05, 0.1) is 6.10 Å². The molecule has 6 heteroatoms. The molecule has 3 aliphatic rings. The Kier molecular flexibility index (Phi) is 5.39. The second-order valence-corrected chi connectivity index (χ2v) is 9.78. The number of benzene rings is 1. The van der Waals surface area contributed by atoms with Gasteiger partial charge < -0.3 is 19.4 Å². The van der Waals surface area contributed by atoms with E-state index < -0.39 is 0 Å². The lowest BCUT2D eigenvalue weighted by Crippen LogP contribution is -2.72. The number of carbonyl (C=O) groups excluding carboxylic acids is 1. The van der Waals surface area contributed by atoms with E-state index in [2.05, 4.69) is 50.0 Å². The lowest BCUT2D eigenvalue weighted by Gasteiger charge is -2.61. The Morgan fingerprint density at radius 2 is 1.78 bits per heavy atom. The first kappa shape index (κ1) is 19.1. The Morgan fingerprint density at radius 3 is 2.37 bits per heavy atom. The molecule has 0 N–H and O–H groups in total. The molecular weight excluding hydrogens is 406 g/mol. The molecule has 0 atom stereocenters. The summed E-state index contributed by atoms with van der Waals surface area (Å²) in [5.41, 5.74) is 1.86. The molecule has 1 amide bonds. The zero-order chi connectivity index (χ0) is 19.0. The summed E-state index contributed by atoms with van der Waals surface area (Å²) in [5.74, 6) is 0.716. The van der Waals surface area contributed by atoms with Gasteiger partial charge >= 0.3 is 6.09 Å². The van der Waals surface area contributed by atoms with Crippen LogP contribution in [0.2, 0.25) is 0 Å². The van der Waals surface area contributed by atoms with Gasteiger partial charge in [0.1, 0.15) is 0 Å². The lowest BCUT2D eigenvalue weighted by molar-refractivity contribution is -0.0357. The topological polar surface area (TPSA) is 36.0 Å². The van der Waals surface area contributed by atoms with Crippen LogP contribution in [0.3, 0.4) is 0 Å². The van der Waals surface area contributed by atoms with Crippen molar-refractivity contribution in [1.29, 1.82) is 0 Å². The quantitative estimate of drug-likeness (QED) is 0.719. The molecule has 4 rings (SSSR count). The first-order chi connectivity index (χ1) is 12.9. The van der Waals surface area contributed by atoms with Crippen LogP contribution in [0.25, 0.3) is 0 Å². The van der Waals surface area contributed by atoms with Crippen LogP contribution >= 0.6 is 15.9 Å². The van der Waals surface area contributed by atoms with Gasteiger partial charge in [-0.3, -0.25) is 0 Å². The number of halogens is 1. The van der Waals surface area contributed by atoms with Gasteiger partial charge in [0, 0.05) is 61.4 Å². The summed E-state index contributed by atoms with van der Waals surface area (Å²) < 4.78 is 6.45. The number of hydrogen-bond acceptors (Lipinski definition) is 4. The number of rotatable bonds is 4. The molecule has 0 aliphatic carbocycles. The number of likely N-dealkylation sites (tertiary alicyclic amines) is 2. The highest BCUT2D eigenvalue weighted by Crippen LogP contribution is 2.42. The third-order valence-electron chi connectivity index (χ3n) is 6.09. The molecule has 5 nitrogen and oxygen atoms in total. The smallest absolute Gasteiger partial charge is 0.410 e. The van der Waals surface area contributed by atoms with Crippen molar-refractivity contribution >= 4 is 27.7 Å². The van der Waals surface area contributed by atoms with E-state index >= 15 is 0 Å². The molecule has 3 heterocycles. The Morgan fingerprint density at radius 1 is 1.15 bits per heavy atom. The molecule has 0 saturated carbocycles. The summed E-state index contributed by atoms with van der Waals surface area (Å²) in [4.78, 5) is 19.0. The summed E-state index contributed by atoms with van der Waals surface area (Å²) >= 11 is 3.50. The predicted molar refractivity (Wildman–Crippen MR) is 111 cm³/mol. The average Bonchev–Trinajstić information content (AvgIpc) is 2.57. The zero-order valence-corrected chi connectivity index (χ0v) is 18.0. The molecule has 0 bridgehead atoms. The first-order valence-corrected chi connectivity index (χ1v) is 10.9. The molecule has 1 spiro atoms. The SMILES string of the molecule is CC(C)OC(=O)N1CCC(CN2CC3(C2)CN(c2ccc(Br)cc2)C3)CC1. The van der Waals surface area contributed by atoms with Crippen LogP contribution < -0.4 is 4.90 Å². The maximum atomic E-state index is 12.0. The third-order valence-corrected chi connectivity index (χ3v) is 6.62. The van der Waals surface area contributed by atoms with Crippen LogP contribution in [-0.4, -0.2) is 67.8 Å². The molecule has 0 unspecified atom stereocenters. The summed E-state index contributed by atoms with van der Waals surface area (Å²) in [7, 11) is 0. The number of anilines is 1. The molecule has 0 aromatic heterocycles. The number of ether oxygens (including phenoxy) is 1. The summed E-state index contributed by atoms with van der Waals surface area (Å²) in [6.07, 6.45) is 2.02. The van der Waals surface area contributed by atoms with Crippen molar-refractivity contribution in [3.05, 3.63) is 28.7 Å². The fraction of sp³-hybridized carbons (Fsp3) is 0.667. The zero-order valence-electron chi connectivity index (χ0n) is 16.4. The summed E-state index contributed by atoms with van der Waals surface area (Å²) in [6.45, 7) is 11.5. The number of amides is 1. The van der Waals surface area contributed by atoms with Crippen LogP contribution in [-0.2, 0) is 4.74 Å². The van der Waals surface area contributed by atoms with E-state index in [4.69, 9.17) is 4.74 Å². The van der Waals surface area contributed by atoms with Crippen molar-refractivity contribution < 1.29 is 9.53 Å². The number of nitrogens with zero attached hydrogens (tertiary/aromatic N) is 3. The normalized spacial score (nSPS) is 22.7. The first-order valence-electron chi connectivity index (χ1n) is 10.1.